The summed E-state index contributed by atoms with van der Waals surface area (Å²) in [6.07, 6.45) is 4.80. The summed E-state index contributed by atoms with van der Waals surface area (Å²) in [5.41, 5.74) is -1.34. The van der Waals surface area contributed by atoms with Crippen molar-refractivity contribution in [2.45, 2.75) is 95.9 Å². The van der Waals surface area contributed by atoms with E-state index in [0.717, 1.165) is 45.2 Å². The Bertz CT molecular complexity index is 641. The van der Waals surface area contributed by atoms with Crippen LogP contribution in [0.25, 0.3) is 0 Å². The van der Waals surface area contributed by atoms with Crippen molar-refractivity contribution in [1.82, 2.24) is 9.37 Å². The fourth-order valence-corrected chi connectivity index (χ4v) is 4.92. The molecule has 0 aromatic rings. The van der Waals surface area contributed by atoms with Crippen molar-refractivity contribution in [2.75, 3.05) is 33.4 Å². The summed E-state index contributed by atoms with van der Waals surface area (Å²) in [6.45, 7) is 8.26. The third-order valence-electron chi connectivity index (χ3n) is 6.27. The summed E-state index contributed by atoms with van der Waals surface area (Å²) >= 11 is 1.19. The Morgan fingerprint density at radius 1 is 1.15 bits per heavy atom. The second-order valence-electron chi connectivity index (χ2n) is 10.2. The minimum atomic E-state index is -4.07. The number of esters is 1. The molecule has 2 rings (SSSR count). The molecular formula is C24H41F3N2O4S. The van der Waals surface area contributed by atoms with Crippen LogP contribution in [0.3, 0.4) is 0 Å². The number of ether oxygens (including phenoxy) is 2. The van der Waals surface area contributed by atoms with E-state index < -0.39 is 23.7 Å². The van der Waals surface area contributed by atoms with Crippen LogP contribution in [0.5, 0.6) is 0 Å². The number of rotatable bonds is 11. The van der Waals surface area contributed by atoms with E-state index in [-0.39, 0.29) is 12.4 Å². The highest BCUT2D eigenvalue weighted by atomic mass is 32.2. The van der Waals surface area contributed by atoms with E-state index in [0.29, 0.717) is 32.0 Å². The number of hydrogen-bond donors (Lipinski definition) is 0. The number of allylic oxidation sites excluding steroid dienone is 2. The first-order valence-corrected chi connectivity index (χ1v) is 13.0. The van der Waals surface area contributed by atoms with Gasteiger partial charge in [0, 0.05) is 52.6 Å². The molecule has 2 heterocycles. The number of halogens is 3. The van der Waals surface area contributed by atoms with Crippen molar-refractivity contribution in [3.63, 3.8) is 0 Å². The molecule has 2 fully saturated rings. The van der Waals surface area contributed by atoms with Gasteiger partial charge in [0.1, 0.15) is 23.4 Å². The lowest BCUT2D eigenvalue weighted by molar-refractivity contribution is -0.172. The molecule has 10 heteroatoms. The van der Waals surface area contributed by atoms with E-state index in [1.54, 1.807) is 6.08 Å². The van der Waals surface area contributed by atoms with Gasteiger partial charge in [-0.25, -0.2) is 13.4 Å². The topological polar surface area (TPSA) is 51.2 Å². The quantitative estimate of drug-likeness (QED) is 0.110. The van der Waals surface area contributed by atoms with Gasteiger partial charge in [-0.2, -0.15) is 18.2 Å². The summed E-state index contributed by atoms with van der Waals surface area (Å²) in [5, 5.41) is 1.94. The first-order chi connectivity index (χ1) is 15.9. The zero-order valence-corrected chi connectivity index (χ0v) is 21.8. The first-order valence-electron chi connectivity index (χ1n) is 12.3. The lowest BCUT2D eigenvalue weighted by Gasteiger charge is -2.42. The summed E-state index contributed by atoms with van der Waals surface area (Å²) in [5.74, 6) is 0.364. The van der Waals surface area contributed by atoms with Crippen LogP contribution in [0, 0.1) is 5.92 Å². The van der Waals surface area contributed by atoms with E-state index in [4.69, 9.17) is 13.8 Å². The Balaban J connectivity index is 1.69. The summed E-state index contributed by atoms with van der Waals surface area (Å²) in [6, 6.07) is 0. The van der Waals surface area contributed by atoms with E-state index >= 15 is 0 Å². The zero-order chi connectivity index (χ0) is 25.2. The lowest BCUT2D eigenvalue weighted by atomic mass is 9.90. The fourth-order valence-electron chi connectivity index (χ4n) is 4.18. The highest BCUT2D eigenvalue weighted by Crippen LogP contribution is 2.36. The Labute approximate surface area is 206 Å². The zero-order valence-electron chi connectivity index (χ0n) is 21.0. The third-order valence-corrected chi connectivity index (χ3v) is 7.12. The minimum Gasteiger partial charge on any atom is -0.459 e. The number of hydroxylamine groups is 2. The first kappa shape index (κ1) is 29.4. The maximum Gasteiger partial charge on any atom is 0.389 e. The number of unbranched alkanes of at least 4 members (excludes halogenated alkanes) is 1. The Hall–Kier alpha value is -0.810. The highest BCUT2D eigenvalue weighted by Gasteiger charge is 2.47. The average Bonchev–Trinajstić information content (AvgIpc) is 2.76. The predicted molar refractivity (Wildman–Crippen MR) is 128 cm³/mol. The van der Waals surface area contributed by atoms with Crippen molar-refractivity contribution < 1.29 is 31.7 Å². The van der Waals surface area contributed by atoms with Crippen LogP contribution >= 0.6 is 12.2 Å². The Morgan fingerprint density at radius 3 is 2.35 bits per heavy atom. The fraction of sp³-hybridized carbons (Fsp3) is 0.875. The summed E-state index contributed by atoms with van der Waals surface area (Å²) < 4.78 is 55.5. The van der Waals surface area contributed by atoms with Gasteiger partial charge in [-0.15, -0.1) is 0 Å². The molecule has 0 aliphatic carbocycles. The molecule has 0 unspecified atom stereocenters. The molecular weight excluding hydrogens is 469 g/mol. The van der Waals surface area contributed by atoms with Crippen molar-refractivity contribution in [3.05, 3.63) is 12.2 Å². The molecule has 0 aromatic carbocycles. The van der Waals surface area contributed by atoms with E-state index in [1.165, 1.54) is 12.2 Å². The van der Waals surface area contributed by atoms with Crippen LogP contribution in [0.4, 0.5) is 13.2 Å². The maximum absolute atomic E-state index is 13.0. The van der Waals surface area contributed by atoms with Crippen molar-refractivity contribution in [3.8, 4) is 0 Å². The standard InChI is InChI=1S/C24H41F3N2O4S/c1-22(2,3)32-21(30)23(14-18-31-19-15-23)28(4)34-33-29-16-11-20(12-17-29)10-8-6-5-7-9-13-24(25,26)27/h5,7,20H,6,8-19H2,1-4H3/b7-5+. The summed E-state index contributed by atoms with van der Waals surface area (Å²) in [7, 11) is 1.87. The normalized spacial score (nSPS) is 20.8. The van der Waals surface area contributed by atoms with Crippen LogP contribution in [-0.4, -0.2) is 66.0 Å². The minimum absolute atomic E-state index is 0.0631. The van der Waals surface area contributed by atoms with Gasteiger partial charge < -0.3 is 9.47 Å². The predicted octanol–water partition coefficient (Wildman–Crippen LogP) is 6.08. The van der Waals surface area contributed by atoms with Gasteiger partial charge in [0.25, 0.3) is 0 Å². The van der Waals surface area contributed by atoms with Gasteiger partial charge in [0.2, 0.25) is 0 Å². The lowest BCUT2D eigenvalue weighted by Crippen LogP contribution is -2.56. The molecule has 2 aliphatic heterocycles. The van der Waals surface area contributed by atoms with Crippen molar-refractivity contribution in [1.29, 1.82) is 0 Å². The van der Waals surface area contributed by atoms with E-state index in [9.17, 15) is 18.0 Å². The largest absolute Gasteiger partial charge is 0.459 e. The van der Waals surface area contributed by atoms with Crippen LogP contribution < -0.4 is 0 Å². The molecule has 198 valence electrons. The molecule has 2 saturated heterocycles. The number of likely N-dealkylation sites (N-methyl/N-ethyl adjacent to an activating group) is 1. The molecule has 0 bridgehead atoms. The summed E-state index contributed by atoms with van der Waals surface area (Å²) in [4.78, 5) is 13.0. The second kappa shape index (κ2) is 13.5. The van der Waals surface area contributed by atoms with Gasteiger partial charge in [-0.05, 0) is 58.8 Å². The molecule has 0 aromatic heterocycles. The molecule has 0 spiro atoms. The molecule has 0 saturated carbocycles. The second-order valence-corrected chi connectivity index (χ2v) is 11.1. The smallest absolute Gasteiger partial charge is 0.389 e. The number of carbonyl (C=O) groups excluding carboxylic acids is 1. The van der Waals surface area contributed by atoms with Gasteiger partial charge >= 0.3 is 12.1 Å². The van der Waals surface area contributed by atoms with Gasteiger partial charge in [0.15, 0.2) is 0 Å². The van der Waals surface area contributed by atoms with Crippen molar-refractivity contribution in [2.24, 2.45) is 5.92 Å². The van der Waals surface area contributed by atoms with E-state index in [1.807, 2.05) is 43.3 Å². The molecule has 0 N–H and O–H groups in total. The monoisotopic (exact) mass is 510 g/mol. The molecule has 0 radical (unpaired) electrons. The van der Waals surface area contributed by atoms with Crippen molar-refractivity contribution >= 4 is 18.2 Å². The molecule has 0 amide bonds. The highest BCUT2D eigenvalue weighted by molar-refractivity contribution is 7.92. The SMILES string of the molecule is CN(SON1CCC(CCC/C=C/CCC(F)(F)F)CC1)C1(C(=O)OC(C)(C)C)CCOCC1. The van der Waals surface area contributed by atoms with Crippen LogP contribution in [0.1, 0.15) is 78.6 Å². The number of carbonyl (C=O) groups is 1. The van der Waals surface area contributed by atoms with Gasteiger partial charge in [0.05, 0.1) is 0 Å². The molecule has 0 atom stereocenters. The number of alkyl halides is 3. The van der Waals surface area contributed by atoms with E-state index in [2.05, 4.69) is 0 Å². The van der Waals surface area contributed by atoms with Crippen LogP contribution in [0.2, 0.25) is 0 Å². The van der Waals surface area contributed by atoms with Gasteiger partial charge in [-0.3, -0.25) is 0 Å². The van der Waals surface area contributed by atoms with Crippen LogP contribution in [-0.2, 0) is 18.6 Å². The third kappa shape index (κ3) is 10.4. The average molecular weight is 511 g/mol. The number of hydrogen-bond acceptors (Lipinski definition) is 7. The molecule has 6 nitrogen and oxygen atoms in total. The molecule has 34 heavy (non-hydrogen) atoms. The maximum atomic E-state index is 13.0. The van der Waals surface area contributed by atoms with Gasteiger partial charge in [-0.1, -0.05) is 18.6 Å². The molecule has 2 aliphatic rings. The number of nitrogens with zero attached hydrogens (tertiary/aromatic N) is 2. The Morgan fingerprint density at radius 2 is 1.76 bits per heavy atom. The van der Waals surface area contributed by atoms with Crippen LogP contribution in [0.15, 0.2) is 12.2 Å². The number of piperidine rings is 1. The Kier molecular flexibility index (Phi) is 11.7.